The Hall–Kier alpha value is -1.44. The molecule has 0 aliphatic rings. The summed E-state index contributed by atoms with van der Waals surface area (Å²) in [5.41, 5.74) is 5.44. The number of carboxylic acids is 1. The molecule has 1 aromatic rings. The normalized spacial score (nSPS) is 13.8. The van der Waals surface area contributed by atoms with Crippen molar-refractivity contribution in [3.05, 3.63) is 22.4 Å². The fraction of sp³-hybridized carbons (Fsp3) is 0.500. The summed E-state index contributed by atoms with van der Waals surface area (Å²) in [7, 11) is 1.48. The number of ether oxygens (including phenoxy) is 1. The van der Waals surface area contributed by atoms with Crippen LogP contribution in [0.4, 0.5) is 0 Å². The molecule has 0 aliphatic heterocycles. The summed E-state index contributed by atoms with van der Waals surface area (Å²) >= 11 is 1.41. The average Bonchev–Trinajstić information content (AvgIpc) is 2.88. The molecule has 1 rings (SSSR count). The zero-order valence-electron chi connectivity index (χ0n) is 10.7. The quantitative estimate of drug-likeness (QED) is 0.654. The lowest BCUT2D eigenvalue weighted by Crippen LogP contribution is -2.35. The van der Waals surface area contributed by atoms with E-state index in [1.165, 1.54) is 18.4 Å². The molecule has 1 heterocycles. The van der Waals surface area contributed by atoms with Crippen LogP contribution in [-0.4, -0.2) is 36.7 Å². The van der Waals surface area contributed by atoms with E-state index in [4.69, 9.17) is 15.6 Å². The predicted octanol–water partition coefficient (Wildman–Crippen LogP) is 0.744. The van der Waals surface area contributed by atoms with Crippen molar-refractivity contribution in [1.82, 2.24) is 5.32 Å². The van der Waals surface area contributed by atoms with Gasteiger partial charge in [-0.25, -0.2) is 0 Å². The Morgan fingerprint density at radius 3 is 2.74 bits per heavy atom. The van der Waals surface area contributed by atoms with Gasteiger partial charge in [0.1, 0.15) is 0 Å². The number of aliphatic carboxylic acids is 1. The summed E-state index contributed by atoms with van der Waals surface area (Å²) in [5.74, 6) is -1.22. The molecule has 2 atom stereocenters. The highest BCUT2D eigenvalue weighted by Crippen LogP contribution is 2.22. The highest BCUT2D eigenvalue weighted by atomic mass is 32.1. The summed E-state index contributed by atoms with van der Waals surface area (Å²) < 4.78 is 5.02. The number of carboxylic acid groups (broad SMARTS) is 1. The third kappa shape index (κ3) is 5.37. The van der Waals surface area contributed by atoms with Crippen LogP contribution < -0.4 is 11.1 Å². The standard InChI is InChI=1S/C12H18N2O4S/c1-18-8(7-13)5-11(15)14-9(6-12(16)17)10-3-2-4-19-10/h2-4,8-9H,5-7,13H2,1H3,(H,14,15)(H,16,17). The molecular weight excluding hydrogens is 268 g/mol. The van der Waals surface area contributed by atoms with Crippen LogP contribution in [0.2, 0.25) is 0 Å². The summed E-state index contributed by atoms with van der Waals surface area (Å²) in [6.45, 7) is 0.243. The number of carbonyl (C=O) groups excluding carboxylic acids is 1. The number of rotatable bonds is 8. The fourth-order valence-electron chi connectivity index (χ4n) is 1.61. The Bertz CT molecular complexity index is 404. The van der Waals surface area contributed by atoms with E-state index in [1.807, 2.05) is 11.4 Å². The van der Waals surface area contributed by atoms with Crippen LogP contribution in [0, 0.1) is 0 Å². The second kappa shape index (κ2) is 7.88. The van der Waals surface area contributed by atoms with Crippen LogP contribution >= 0.6 is 11.3 Å². The van der Waals surface area contributed by atoms with Crippen molar-refractivity contribution in [3.63, 3.8) is 0 Å². The number of methoxy groups -OCH3 is 1. The van der Waals surface area contributed by atoms with Gasteiger partial charge in [-0.05, 0) is 11.4 Å². The number of carbonyl (C=O) groups is 2. The fourth-order valence-corrected chi connectivity index (χ4v) is 2.39. The van der Waals surface area contributed by atoms with Gasteiger partial charge in [0.05, 0.1) is 25.0 Å². The van der Waals surface area contributed by atoms with Crippen molar-refractivity contribution < 1.29 is 19.4 Å². The van der Waals surface area contributed by atoms with Gasteiger partial charge in [-0.2, -0.15) is 0 Å². The van der Waals surface area contributed by atoms with Gasteiger partial charge in [-0.3, -0.25) is 9.59 Å². The second-order valence-electron chi connectivity index (χ2n) is 4.03. The van der Waals surface area contributed by atoms with Crippen molar-refractivity contribution in [1.29, 1.82) is 0 Å². The molecule has 0 aliphatic carbocycles. The smallest absolute Gasteiger partial charge is 0.305 e. The number of thiophene rings is 1. The minimum absolute atomic E-state index is 0.120. The Morgan fingerprint density at radius 2 is 2.26 bits per heavy atom. The molecule has 7 heteroatoms. The molecule has 0 bridgehead atoms. The van der Waals surface area contributed by atoms with Gasteiger partial charge in [-0.15, -0.1) is 11.3 Å². The third-order valence-corrected chi connectivity index (χ3v) is 3.60. The van der Waals surface area contributed by atoms with Crippen molar-refractivity contribution in [3.8, 4) is 0 Å². The van der Waals surface area contributed by atoms with E-state index >= 15 is 0 Å². The first-order valence-corrected chi connectivity index (χ1v) is 6.72. The number of hydrogen-bond acceptors (Lipinski definition) is 5. The lowest BCUT2D eigenvalue weighted by molar-refractivity contribution is -0.137. The highest BCUT2D eigenvalue weighted by molar-refractivity contribution is 7.10. The van der Waals surface area contributed by atoms with Gasteiger partial charge in [0.2, 0.25) is 5.91 Å². The van der Waals surface area contributed by atoms with Crippen LogP contribution in [0.1, 0.15) is 23.8 Å². The van der Waals surface area contributed by atoms with E-state index in [1.54, 1.807) is 6.07 Å². The highest BCUT2D eigenvalue weighted by Gasteiger charge is 2.20. The molecular formula is C12H18N2O4S. The van der Waals surface area contributed by atoms with E-state index in [9.17, 15) is 9.59 Å². The van der Waals surface area contributed by atoms with Gasteiger partial charge in [-0.1, -0.05) is 6.07 Å². The van der Waals surface area contributed by atoms with E-state index < -0.39 is 12.0 Å². The minimum Gasteiger partial charge on any atom is -0.481 e. The third-order valence-electron chi connectivity index (χ3n) is 2.61. The first-order valence-electron chi connectivity index (χ1n) is 5.84. The van der Waals surface area contributed by atoms with E-state index in [-0.39, 0.29) is 31.4 Å². The van der Waals surface area contributed by atoms with Gasteiger partial charge in [0.15, 0.2) is 0 Å². The van der Waals surface area contributed by atoms with Gasteiger partial charge < -0.3 is 20.9 Å². The maximum absolute atomic E-state index is 11.8. The Kier molecular flexibility index (Phi) is 6.48. The number of hydrogen-bond donors (Lipinski definition) is 3. The monoisotopic (exact) mass is 286 g/mol. The van der Waals surface area contributed by atoms with E-state index in [2.05, 4.69) is 5.32 Å². The number of nitrogens with one attached hydrogen (secondary N) is 1. The van der Waals surface area contributed by atoms with Gasteiger partial charge >= 0.3 is 5.97 Å². The van der Waals surface area contributed by atoms with Crippen molar-refractivity contribution in [2.45, 2.75) is 25.0 Å². The lowest BCUT2D eigenvalue weighted by Gasteiger charge is -2.18. The topological polar surface area (TPSA) is 102 Å². The molecule has 2 unspecified atom stereocenters. The number of nitrogens with two attached hydrogens (primary N) is 1. The summed E-state index contributed by atoms with van der Waals surface area (Å²) in [6.07, 6.45) is -0.380. The van der Waals surface area contributed by atoms with E-state index in [0.29, 0.717) is 0 Å². The average molecular weight is 286 g/mol. The van der Waals surface area contributed by atoms with Crippen LogP contribution in [-0.2, 0) is 14.3 Å². The molecule has 0 saturated carbocycles. The molecule has 0 saturated heterocycles. The molecule has 19 heavy (non-hydrogen) atoms. The van der Waals surface area contributed by atoms with Crippen LogP contribution in [0.25, 0.3) is 0 Å². The molecule has 0 fully saturated rings. The summed E-state index contributed by atoms with van der Waals surface area (Å²) in [4.78, 5) is 23.5. The lowest BCUT2D eigenvalue weighted by atomic mass is 10.1. The van der Waals surface area contributed by atoms with Gasteiger partial charge in [0.25, 0.3) is 0 Å². The second-order valence-corrected chi connectivity index (χ2v) is 5.01. The van der Waals surface area contributed by atoms with Crippen LogP contribution in [0.3, 0.4) is 0 Å². The predicted molar refractivity (Wildman–Crippen MR) is 71.9 cm³/mol. The van der Waals surface area contributed by atoms with Crippen LogP contribution in [0.15, 0.2) is 17.5 Å². The van der Waals surface area contributed by atoms with Crippen molar-refractivity contribution in [2.24, 2.45) is 5.73 Å². The first kappa shape index (κ1) is 15.6. The summed E-state index contributed by atoms with van der Waals surface area (Å²) in [6, 6.07) is 3.11. The molecule has 1 amide bonds. The largest absolute Gasteiger partial charge is 0.481 e. The van der Waals surface area contributed by atoms with Crippen LogP contribution in [0.5, 0.6) is 0 Å². The Balaban J connectivity index is 2.62. The zero-order valence-corrected chi connectivity index (χ0v) is 11.5. The molecule has 1 aromatic heterocycles. The molecule has 0 aromatic carbocycles. The maximum Gasteiger partial charge on any atom is 0.305 e. The molecule has 0 spiro atoms. The molecule has 4 N–H and O–H groups in total. The SMILES string of the molecule is COC(CN)CC(=O)NC(CC(=O)O)c1cccs1. The molecule has 6 nitrogen and oxygen atoms in total. The zero-order chi connectivity index (χ0) is 14.3. The van der Waals surface area contributed by atoms with E-state index in [0.717, 1.165) is 4.88 Å². The Labute approximate surface area is 115 Å². The van der Waals surface area contributed by atoms with Crippen molar-refractivity contribution >= 4 is 23.2 Å². The molecule has 106 valence electrons. The minimum atomic E-state index is -0.958. The molecule has 0 radical (unpaired) electrons. The van der Waals surface area contributed by atoms with Crippen molar-refractivity contribution in [2.75, 3.05) is 13.7 Å². The van der Waals surface area contributed by atoms with Gasteiger partial charge in [0, 0.05) is 18.5 Å². The Morgan fingerprint density at radius 1 is 1.53 bits per heavy atom. The first-order chi connectivity index (χ1) is 9.06. The summed E-state index contributed by atoms with van der Waals surface area (Å²) in [5, 5.41) is 13.4. The number of amides is 1. The maximum atomic E-state index is 11.8.